The van der Waals surface area contributed by atoms with Crippen molar-refractivity contribution in [2.45, 2.75) is 26.2 Å². The average Bonchev–Trinajstić information content (AvgIpc) is 3.18. The molecule has 0 radical (unpaired) electrons. The zero-order valence-electron chi connectivity index (χ0n) is 11.7. The molecule has 0 fully saturated rings. The van der Waals surface area contributed by atoms with E-state index >= 15 is 0 Å². The van der Waals surface area contributed by atoms with E-state index in [1.165, 1.54) is 5.39 Å². The number of aromatic amines is 1. The highest BCUT2D eigenvalue weighted by Gasteiger charge is 2.13. The average molecular weight is 297 g/mol. The van der Waals surface area contributed by atoms with Crippen LogP contribution in [0, 0.1) is 0 Å². The highest BCUT2D eigenvalue weighted by atomic mass is 32.1. The highest BCUT2D eigenvalue weighted by Crippen LogP contribution is 2.28. The molecule has 0 spiro atoms. The number of aromatic nitrogens is 5. The predicted molar refractivity (Wildman–Crippen MR) is 84.6 cm³/mol. The van der Waals surface area contributed by atoms with Gasteiger partial charge in [-0.1, -0.05) is 42.9 Å². The molecule has 0 aliphatic heterocycles. The summed E-state index contributed by atoms with van der Waals surface area (Å²) >= 11 is 1.57. The van der Waals surface area contributed by atoms with E-state index in [1.54, 1.807) is 11.3 Å². The lowest BCUT2D eigenvalue weighted by Crippen LogP contribution is -1.96. The van der Waals surface area contributed by atoms with E-state index in [0.29, 0.717) is 0 Å². The van der Waals surface area contributed by atoms with Crippen LogP contribution in [0.5, 0.6) is 0 Å². The third-order valence-corrected chi connectivity index (χ3v) is 4.50. The predicted octanol–water partition coefficient (Wildman–Crippen LogP) is 3.68. The number of benzene rings is 1. The fourth-order valence-corrected chi connectivity index (χ4v) is 3.28. The molecule has 1 N–H and O–H groups in total. The maximum absolute atomic E-state index is 4.67. The number of aryl methyl sites for hydroxylation is 1. The first-order chi connectivity index (χ1) is 10.3. The van der Waals surface area contributed by atoms with Crippen LogP contribution in [0.3, 0.4) is 0 Å². The molecule has 0 saturated heterocycles. The topological polar surface area (TPSA) is 58.9 Å². The van der Waals surface area contributed by atoms with Crippen LogP contribution < -0.4 is 0 Å². The van der Waals surface area contributed by atoms with Crippen LogP contribution in [-0.4, -0.2) is 24.8 Å². The van der Waals surface area contributed by atoms with Crippen molar-refractivity contribution in [3.8, 4) is 10.7 Å². The van der Waals surface area contributed by atoms with E-state index in [4.69, 9.17) is 0 Å². The number of nitrogens with zero attached hydrogens (tertiary/aromatic N) is 4. The number of nitrogens with one attached hydrogen (secondary N) is 1. The minimum Gasteiger partial charge on any atom is -0.353 e. The Bertz CT molecular complexity index is 868. The summed E-state index contributed by atoms with van der Waals surface area (Å²) in [6, 6.07) is 10.4. The van der Waals surface area contributed by atoms with Gasteiger partial charge in [0.2, 0.25) is 4.96 Å². The SMILES string of the molecule is CCCCc1nnc2sc(-c3cc4ccccc4[nH]3)nn12. The van der Waals surface area contributed by atoms with Gasteiger partial charge < -0.3 is 4.98 Å². The first kappa shape index (κ1) is 12.5. The van der Waals surface area contributed by atoms with E-state index < -0.39 is 0 Å². The zero-order chi connectivity index (χ0) is 14.2. The Kier molecular flexibility index (Phi) is 2.96. The Morgan fingerprint density at radius 1 is 1.24 bits per heavy atom. The van der Waals surface area contributed by atoms with Crippen molar-refractivity contribution in [3.63, 3.8) is 0 Å². The van der Waals surface area contributed by atoms with Crippen LogP contribution in [0.2, 0.25) is 0 Å². The van der Waals surface area contributed by atoms with E-state index in [1.807, 2.05) is 16.6 Å². The molecule has 4 aromatic rings. The molecule has 3 heterocycles. The molecule has 0 aliphatic rings. The summed E-state index contributed by atoms with van der Waals surface area (Å²) in [6.45, 7) is 2.18. The Labute approximate surface area is 125 Å². The first-order valence-electron chi connectivity index (χ1n) is 7.14. The number of hydrogen-bond acceptors (Lipinski definition) is 4. The number of fused-ring (bicyclic) bond motifs is 2. The molecular formula is C15H15N5S. The van der Waals surface area contributed by atoms with Gasteiger partial charge in [0.15, 0.2) is 10.8 Å². The van der Waals surface area contributed by atoms with Crippen molar-refractivity contribution in [1.29, 1.82) is 0 Å². The molecule has 0 unspecified atom stereocenters. The maximum atomic E-state index is 4.67. The molecule has 0 atom stereocenters. The van der Waals surface area contributed by atoms with Gasteiger partial charge in [-0.3, -0.25) is 0 Å². The van der Waals surface area contributed by atoms with Crippen LogP contribution in [-0.2, 0) is 6.42 Å². The molecule has 21 heavy (non-hydrogen) atoms. The van der Waals surface area contributed by atoms with E-state index in [2.05, 4.69) is 45.4 Å². The lowest BCUT2D eigenvalue weighted by Gasteiger charge is -1.93. The fraction of sp³-hybridized carbons (Fsp3) is 0.267. The van der Waals surface area contributed by atoms with Gasteiger partial charge >= 0.3 is 0 Å². The fourth-order valence-electron chi connectivity index (χ4n) is 2.45. The first-order valence-corrected chi connectivity index (χ1v) is 7.96. The van der Waals surface area contributed by atoms with Crippen LogP contribution in [0.4, 0.5) is 0 Å². The quantitative estimate of drug-likeness (QED) is 0.625. The second-order valence-electron chi connectivity index (χ2n) is 5.09. The van der Waals surface area contributed by atoms with Crippen molar-refractivity contribution in [2.75, 3.05) is 0 Å². The summed E-state index contributed by atoms with van der Waals surface area (Å²) < 4.78 is 1.88. The minimum atomic E-state index is 0.856. The molecule has 106 valence electrons. The smallest absolute Gasteiger partial charge is 0.235 e. The second kappa shape index (κ2) is 4.96. The number of rotatable bonds is 4. The largest absolute Gasteiger partial charge is 0.353 e. The molecule has 0 saturated carbocycles. The van der Waals surface area contributed by atoms with Gasteiger partial charge in [-0.05, 0) is 18.6 Å². The highest BCUT2D eigenvalue weighted by molar-refractivity contribution is 7.19. The molecule has 4 rings (SSSR count). The van der Waals surface area contributed by atoms with Gasteiger partial charge in [-0.25, -0.2) is 0 Å². The van der Waals surface area contributed by atoms with Gasteiger partial charge in [0.25, 0.3) is 0 Å². The van der Waals surface area contributed by atoms with E-state index in [-0.39, 0.29) is 0 Å². The number of unbranched alkanes of at least 4 members (excludes halogenated alkanes) is 1. The summed E-state index contributed by atoms with van der Waals surface area (Å²) in [5, 5.41) is 15.3. The van der Waals surface area contributed by atoms with Crippen LogP contribution in [0.1, 0.15) is 25.6 Å². The molecule has 0 amide bonds. The Morgan fingerprint density at radius 3 is 3.00 bits per heavy atom. The normalized spacial score (nSPS) is 11.7. The molecule has 0 aliphatic carbocycles. The molecular weight excluding hydrogens is 282 g/mol. The van der Waals surface area contributed by atoms with Gasteiger partial charge in [0.05, 0.1) is 5.69 Å². The standard InChI is InChI=1S/C15H15N5S/c1-2-3-8-13-17-18-15-20(13)19-14(21-15)12-9-10-6-4-5-7-11(10)16-12/h4-7,9,16H,2-3,8H2,1H3. The van der Waals surface area contributed by atoms with Crippen molar-refractivity contribution >= 4 is 27.2 Å². The van der Waals surface area contributed by atoms with Crippen molar-refractivity contribution in [3.05, 3.63) is 36.2 Å². The van der Waals surface area contributed by atoms with Crippen molar-refractivity contribution in [1.82, 2.24) is 24.8 Å². The molecule has 1 aromatic carbocycles. The third kappa shape index (κ3) is 2.12. The van der Waals surface area contributed by atoms with Crippen molar-refractivity contribution < 1.29 is 0 Å². The number of H-pyrrole nitrogens is 1. The Balaban J connectivity index is 1.77. The molecule has 5 nitrogen and oxygen atoms in total. The Morgan fingerprint density at radius 2 is 2.14 bits per heavy atom. The van der Waals surface area contributed by atoms with Gasteiger partial charge in [-0.2, -0.15) is 9.61 Å². The summed E-state index contributed by atoms with van der Waals surface area (Å²) in [5.41, 5.74) is 2.16. The van der Waals surface area contributed by atoms with Crippen LogP contribution in [0.15, 0.2) is 30.3 Å². The van der Waals surface area contributed by atoms with Crippen LogP contribution >= 0.6 is 11.3 Å². The second-order valence-corrected chi connectivity index (χ2v) is 6.05. The van der Waals surface area contributed by atoms with Gasteiger partial charge in [0, 0.05) is 17.3 Å². The van der Waals surface area contributed by atoms with E-state index in [0.717, 1.165) is 46.3 Å². The summed E-state index contributed by atoms with van der Waals surface area (Å²) in [6.07, 6.45) is 3.18. The number of para-hydroxylation sites is 1. The number of hydrogen-bond donors (Lipinski definition) is 1. The van der Waals surface area contributed by atoms with Gasteiger partial charge in [-0.15, -0.1) is 10.2 Å². The lowest BCUT2D eigenvalue weighted by molar-refractivity contribution is 0.723. The maximum Gasteiger partial charge on any atom is 0.235 e. The zero-order valence-corrected chi connectivity index (χ0v) is 12.5. The summed E-state index contributed by atoms with van der Waals surface area (Å²) in [5.74, 6) is 0.950. The Hall–Kier alpha value is -2.21. The van der Waals surface area contributed by atoms with E-state index in [9.17, 15) is 0 Å². The molecule has 3 aromatic heterocycles. The van der Waals surface area contributed by atoms with Gasteiger partial charge in [0.1, 0.15) is 0 Å². The monoisotopic (exact) mass is 297 g/mol. The third-order valence-electron chi connectivity index (χ3n) is 3.57. The van der Waals surface area contributed by atoms with Crippen LogP contribution in [0.25, 0.3) is 26.6 Å². The molecule has 6 heteroatoms. The minimum absolute atomic E-state index is 0.856. The molecule has 0 bridgehead atoms. The summed E-state index contributed by atoms with van der Waals surface area (Å²) in [4.78, 5) is 4.27. The lowest BCUT2D eigenvalue weighted by atomic mass is 10.2. The summed E-state index contributed by atoms with van der Waals surface area (Å²) in [7, 11) is 0. The van der Waals surface area contributed by atoms with Crippen molar-refractivity contribution in [2.24, 2.45) is 0 Å².